The van der Waals surface area contributed by atoms with Crippen LogP contribution in [0.1, 0.15) is 47.0 Å². The van der Waals surface area contributed by atoms with Crippen molar-refractivity contribution in [2.75, 3.05) is 40.3 Å². The normalized spacial score (nSPS) is 15.3. The van der Waals surface area contributed by atoms with Crippen molar-refractivity contribution in [1.82, 2.24) is 15.1 Å². The summed E-state index contributed by atoms with van der Waals surface area (Å²) >= 11 is 0. The Kier molecular flexibility index (Phi) is 10.7. The quantitative estimate of drug-likeness (QED) is 0.613. The molecule has 0 aromatic rings. The average Bonchev–Trinajstić information content (AvgIpc) is 2.35. The summed E-state index contributed by atoms with van der Waals surface area (Å²) < 4.78 is 0. The highest BCUT2D eigenvalue weighted by Crippen LogP contribution is 2.08. The van der Waals surface area contributed by atoms with Gasteiger partial charge in [0.15, 0.2) is 0 Å². The van der Waals surface area contributed by atoms with Gasteiger partial charge < -0.3 is 10.2 Å². The number of rotatable bonds is 11. The van der Waals surface area contributed by atoms with Crippen molar-refractivity contribution in [1.29, 1.82) is 0 Å². The van der Waals surface area contributed by atoms with Crippen LogP contribution in [-0.4, -0.2) is 62.2 Å². The SMILES string of the molecule is CCCNC(CC)C(C)N(CC)CCCN(C)C. The third-order valence-electron chi connectivity index (χ3n) is 3.71. The lowest BCUT2D eigenvalue weighted by Gasteiger charge is -2.34. The van der Waals surface area contributed by atoms with E-state index >= 15 is 0 Å². The molecule has 3 nitrogen and oxygen atoms in total. The predicted molar refractivity (Wildman–Crippen MR) is 82.3 cm³/mol. The lowest BCUT2D eigenvalue weighted by Crippen LogP contribution is -2.49. The fraction of sp³-hybridized carbons (Fsp3) is 1.00. The Labute approximate surface area is 115 Å². The summed E-state index contributed by atoms with van der Waals surface area (Å²) in [7, 11) is 4.30. The van der Waals surface area contributed by atoms with Gasteiger partial charge in [0, 0.05) is 12.1 Å². The van der Waals surface area contributed by atoms with Crippen LogP contribution in [0.25, 0.3) is 0 Å². The monoisotopic (exact) mass is 257 g/mol. The molecule has 2 unspecified atom stereocenters. The van der Waals surface area contributed by atoms with Crippen LogP contribution in [0.3, 0.4) is 0 Å². The zero-order valence-electron chi connectivity index (χ0n) is 13.5. The van der Waals surface area contributed by atoms with Crippen molar-refractivity contribution in [3.8, 4) is 0 Å². The first kappa shape index (κ1) is 17.9. The van der Waals surface area contributed by atoms with E-state index in [4.69, 9.17) is 0 Å². The molecule has 110 valence electrons. The van der Waals surface area contributed by atoms with E-state index in [1.54, 1.807) is 0 Å². The summed E-state index contributed by atoms with van der Waals surface area (Å²) in [5.41, 5.74) is 0. The molecule has 1 N–H and O–H groups in total. The molecule has 0 heterocycles. The van der Waals surface area contributed by atoms with E-state index in [-0.39, 0.29) is 0 Å². The number of hydrogen-bond acceptors (Lipinski definition) is 3. The fourth-order valence-electron chi connectivity index (χ4n) is 2.48. The maximum Gasteiger partial charge on any atom is 0.0220 e. The lowest BCUT2D eigenvalue weighted by molar-refractivity contribution is 0.167. The third kappa shape index (κ3) is 7.34. The molecule has 0 aliphatic heterocycles. The standard InChI is InChI=1S/C15H35N3/c1-7-11-16-15(8-2)14(4)18(9-3)13-10-12-17(5)6/h14-16H,7-13H2,1-6H3. The van der Waals surface area contributed by atoms with Crippen LogP contribution >= 0.6 is 0 Å². The van der Waals surface area contributed by atoms with Gasteiger partial charge in [-0.15, -0.1) is 0 Å². The van der Waals surface area contributed by atoms with Crippen LogP contribution in [0.15, 0.2) is 0 Å². The zero-order chi connectivity index (χ0) is 14.0. The van der Waals surface area contributed by atoms with Crippen LogP contribution in [-0.2, 0) is 0 Å². The van der Waals surface area contributed by atoms with Gasteiger partial charge in [-0.3, -0.25) is 4.90 Å². The van der Waals surface area contributed by atoms with Crippen molar-refractivity contribution in [3.05, 3.63) is 0 Å². The van der Waals surface area contributed by atoms with Gasteiger partial charge in [0.1, 0.15) is 0 Å². The maximum absolute atomic E-state index is 3.68. The molecule has 0 fully saturated rings. The van der Waals surface area contributed by atoms with E-state index in [0.717, 1.165) is 13.1 Å². The number of nitrogens with one attached hydrogen (secondary N) is 1. The molecule has 0 radical (unpaired) electrons. The van der Waals surface area contributed by atoms with Gasteiger partial charge >= 0.3 is 0 Å². The van der Waals surface area contributed by atoms with Gasteiger partial charge in [-0.1, -0.05) is 20.8 Å². The highest BCUT2D eigenvalue weighted by Gasteiger charge is 2.20. The second-order valence-electron chi connectivity index (χ2n) is 5.49. The summed E-state index contributed by atoms with van der Waals surface area (Å²) in [6, 6.07) is 1.26. The Morgan fingerprint density at radius 3 is 2.17 bits per heavy atom. The highest BCUT2D eigenvalue weighted by molar-refractivity contribution is 4.80. The first-order chi connectivity index (χ1) is 8.56. The van der Waals surface area contributed by atoms with Crippen molar-refractivity contribution in [3.63, 3.8) is 0 Å². The highest BCUT2D eigenvalue weighted by atomic mass is 15.2. The van der Waals surface area contributed by atoms with E-state index < -0.39 is 0 Å². The Hall–Kier alpha value is -0.120. The van der Waals surface area contributed by atoms with Gasteiger partial charge in [0.25, 0.3) is 0 Å². The molecule has 18 heavy (non-hydrogen) atoms. The third-order valence-corrected chi connectivity index (χ3v) is 3.71. The van der Waals surface area contributed by atoms with Crippen LogP contribution in [0.2, 0.25) is 0 Å². The Balaban J connectivity index is 4.15. The van der Waals surface area contributed by atoms with Gasteiger partial charge in [0.05, 0.1) is 0 Å². The minimum atomic E-state index is 0.629. The van der Waals surface area contributed by atoms with Crippen molar-refractivity contribution in [2.24, 2.45) is 0 Å². The molecule has 0 spiro atoms. The van der Waals surface area contributed by atoms with E-state index in [2.05, 4.69) is 56.9 Å². The number of hydrogen-bond donors (Lipinski definition) is 1. The van der Waals surface area contributed by atoms with E-state index in [9.17, 15) is 0 Å². The minimum absolute atomic E-state index is 0.629. The van der Waals surface area contributed by atoms with Crippen LogP contribution < -0.4 is 5.32 Å². The molecular weight excluding hydrogens is 222 g/mol. The summed E-state index contributed by atoms with van der Waals surface area (Å²) in [4.78, 5) is 4.88. The van der Waals surface area contributed by atoms with E-state index in [1.165, 1.54) is 32.4 Å². The minimum Gasteiger partial charge on any atom is -0.312 e. The zero-order valence-corrected chi connectivity index (χ0v) is 13.5. The van der Waals surface area contributed by atoms with Crippen molar-refractivity contribution >= 4 is 0 Å². The molecule has 0 bridgehead atoms. The van der Waals surface area contributed by atoms with Crippen molar-refractivity contribution < 1.29 is 0 Å². The van der Waals surface area contributed by atoms with E-state index in [0.29, 0.717) is 12.1 Å². The van der Waals surface area contributed by atoms with Gasteiger partial charge in [-0.05, 0) is 66.5 Å². The molecule has 0 aliphatic carbocycles. The smallest absolute Gasteiger partial charge is 0.0220 e. The first-order valence-corrected chi connectivity index (χ1v) is 7.68. The van der Waals surface area contributed by atoms with Gasteiger partial charge in [-0.25, -0.2) is 0 Å². The maximum atomic E-state index is 3.68. The Morgan fingerprint density at radius 1 is 1.06 bits per heavy atom. The molecule has 3 heteroatoms. The summed E-state index contributed by atoms with van der Waals surface area (Å²) in [6.07, 6.45) is 3.69. The average molecular weight is 257 g/mol. The Bertz CT molecular complexity index is 183. The second-order valence-corrected chi connectivity index (χ2v) is 5.49. The Morgan fingerprint density at radius 2 is 1.72 bits per heavy atom. The van der Waals surface area contributed by atoms with Crippen LogP contribution in [0.4, 0.5) is 0 Å². The molecule has 0 aromatic heterocycles. The molecule has 0 aromatic carbocycles. The molecule has 0 saturated carbocycles. The topological polar surface area (TPSA) is 18.5 Å². The first-order valence-electron chi connectivity index (χ1n) is 7.68. The number of likely N-dealkylation sites (N-methyl/N-ethyl adjacent to an activating group) is 1. The second kappa shape index (κ2) is 10.8. The molecule has 0 rings (SSSR count). The summed E-state index contributed by atoms with van der Waals surface area (Å²) in [5, 5.41) is 3.68. The van der Waals surface area contributed by atoms with Gasteiger partial charge in [0.2, 0.25) is 0 Å². The largest absolute Gasteiger partial charge is 0.312 e. The molecule has 2 atom stereocenters. The number of nitrogens with zero attached hydrogens (tertiary/aromatic N) is 2. The molecule has 0 saturated heterocycles. The molecule has 0 aliphatic rings. The molecule has 0 amide bonds. The van der Waals surface area contributed by atoms with Crippen LogP contribution in [0.5, 0.6) is 0 Å². The summed E-state index contributed by atoms with van der Waals surface area (Å²) in [6.45, 7) is 13.9. The lowest BCUT2D eigenvalue weighted by atomic mass is 10.1. The van der Waals surface area contributed by atoms with E-state index in [1.807, 2.05) is 0 Å². The molecular formula is C15H35N3. The fourth-order valence-corrected chi connectivity index (χ4v) is 2.48. The summed E-state index contributed by atoms with van der Waals surface area (Å²) in [5.74, 6) is 0. The van der Waals surface area contributed by atoms with Crippen molar-refractivity contribution in [2.45, 2.75) is 59.0 Å². The predicted octanol–water partition coefficient (Wildman–Crippen LogP) is 2.43. The van der Waals surface area contributed by atoms with Crippen LogP contribution in [0, 0.1) is 0 Å². The van der Waals surface area contributed by atoms with Gasteiger partial charge in [-0.2, -0.15) is 0 Å².